The Morgan fingerprint density at radius 2 is 2.11 bits per heavy atom. The maximum absolute atomic E-state index is 13.9. The fraction of sp³-hybridized carbons (Fsp3) is 0.650. The minimum Gasteiger partial charge on any atom is -0.494 e. The fourth-order valence-corrected chi connectivity index (χ4v) is 3.19. The van der Waals surface area contributed by atoms with Crippen LogP contribution in [0.25, 0.3) is 0 Å². The molecule has 0 spiro atoms. The molecule has 2 rings (SSSR count). The third-order valence-electron chi connectivity index (χ3n) is 4.83. The first-order valence-corrected chi connectivity index (χ1v) is 9.82. The number of aliphatic imine (C=N–C) groups is 1. The molecule has 0 aromatic heterocycles. The predicted molar refractivity (Wildman–Crippen MR) is 122 cm³/mol. The number of hydrogen-bond acceptors (Lipinski definition) is 4. The molecule has 28 heavy (non-hydrogen) atoms. The van der Waals surface area contributed by atoms with Crippen molar-refractivity contribution < 1.29 is 14.2 Å². The Kier molecular flexibility index (Phi) is 11.7. The van der Waals surface area contributed by atoms with Gasteiger partial charge in [-0.15, -0.1) is 24.0 Å². The van der Waals surface area contributed by atoms with E-state index in [0.717, 1.165) is 63.5 Å². The molecule has 0 amide bonds. The highest BCUT2D eigenvalue weighted by Gasteiger charge is 2.16. The number of hydrogen-bond donors (Lipinski definition) is 3. The van der Waals surface area contributed by atoms with Crippen LogP contribution in [-0.2, 0) is 0 Å². The molecule has 0 saturated carbocycles. The molecule has 1 atom stereocenters. The molecular weight excluding hydrogens is 474 g/mol. The van der Waals surface area contributed by atoms with Crippen molar-refractivity contribution in [2.24, 2.45) is 4.99 Å². The third-order valence-corrected chi connectivity index (χ3v) is 4.83. The SMILES string of the molecule is CCNC(=NCCCN1CCC(O)CC1)NC(C)c1ccc(OC)c(F)c1.I. The molecule has 0 aliphatic carbocycles. The lowest BCUT2D eigenvalue weighted by Gasteiger charge is -2.29. The van der Waals surface area contributed by atoms with E-state index in [4.69, 9.17) is 4.74 Å². The second kappa shape index (κ2) is 13.2. The van der Waals surface area contributed by atoms with Gasteiger partial charge in [-0.2, -0.15) is 0 Å². The Morgan fingerprint density at radius 1 is 1.39 bits per heavy atom. The predicted octanol–water partition coefficient (Wildman–Crippen LogP) is 2.92. The molecule has 160 valence electrons. The summed E-state index contributed by atoms with van der Waals surface area (Å²) in [5, 5.41) is 16.1. The van der Waals surface area contributed by atoms with Gasteiger partial charge in [-0.05, 0) is 57.4 Å². The van der Waals surface area contributed by atoms with Gasteiger partial charge in [0.2, 0.25) is 0 Å². The van der Waals surface area contributed by atoms with Crippen molar-refractivity contribution in [2.75, 3.05) is 39.8 Å². The van der Waals surface area contributed by atoms with Gasteiger partial charge in [-0.25, -0.2) is 4.39 Å². The zero-order valence-corrected chi connectivity index (χ0v) is 19.4. The van der Waals surface area contributed by atoms with Crippen LogP contribution in [0.15, 0.2) is 23.2 Å². The second-order valence-electron chi connectivity index (χ2n) is 6.95. The lowest BCUT2D eigenvalue weighted by atomic mass is 10.1. The van der Waals surface area contributed by atoms with Crippen LogP contribution in [0.5, 0.6) is 5.75 Å². The lowest BCUT2D eigenvalue weighted by molar-refractivity contribution is 0.0824. The van der Waals surface area contributed by atoms with Gasteiger partial charge in [-0.1, -0.05) is 6.07 Å². The molecule has 0 bridgehead atoms. The Morgan fingerprint density at radius 3 is 2.71 bits per heavy atom. The van der Waals surface area contributed by atoms with E-state index < -0.39 is 0 Å². The summed E-state index contributed by atoms with van der Waals surface area (Å²) in [5.74, 6) is 0.615. The maximum atomic E-state index is 13.9. The number of aliphatic hydroxyl groups excluding tert-OH is 1. The fourth-order valence-electron chi connectivity index (χ4n) is 3.19. The number of halogens is 2. The average molecular weight is 508 g/mol. The molecule has 6 nitrogen and oxygen atoms in total. The van der Waals surface area contributed by atoms with E-state index in [2.05, 4.69) is 20.5 Å². The van der Waals surface area contributed by atoms with Gasteiger partial charge < -0.3 is 25.4 Å². The van der Waals surface area contributed by atoms with Crippen LogP contribution < -0.4 is 15.4 Å². The molecule has 1 saturated heterocycles. The number of likely N-dealkylation sites (tertiary alicyclic amines) is 1. The topological polar surface area (TPSA) is 69.1 Å². The second-order valence-corrected chi connectivity index (χ2v) is 6.95. The highest BCUT2D eigenvalue weighted by molar-refractivity contribution is 14.0. The first kappa shape index (κ1) is 24.9. The van der Waals surface area contributed by atoms with Crippen LogP contribution in [0.1, 0.15) is 44.7 Å². The van der Waals surface area contributed by atoms with Gasteiger partial charge in [0.15, 0.2) is 17.5 Å². The van der Waals surface area contributed by atoms with Crippen LogP contribution in [0.4, 0.5) is 4.39 Å². The Hall–Kier alpha value is -1.13. The van der Waals surface area contributed by atoms with E-state index in [9.17, 15) is 9.50 Å². The molecule has 1 aromatic rings. The molecular formula is C20H34FIN4O2. The standard InChI is InChI=1S/C20H33FN4O2.HI/c1-4-22-20(23-10-5-11-25-12-8-17(26)9-13-25)24-15(2)16-6-7-19(27-3)18(21)14-16;/h6-7,14-15,17,26H,4-5,8-13H2,1-3H3,(H2,22,23,24);1H. The van der Waals surface area contributed by atoms with Crippen molar-refractivity contribution in [2.45, 2.75) is 45.3 Å². The van der Waals surface area contributed by atoms with E-state index in [1.807, 2.05) is 19.9 Å². The summed E-state index contributed by atoms with van der Waals surface area (Å²) in [6, 6.07) is 4.91. The molecule has 8 heteroatoms. The average Bonchev–Trinajstić information content (AvgIpc) is 2.66. The van der Waals surface area contributed by atoms with E-state index >= 15 is 0 Å². The summed E-state index contributed by atoms with van der Waals surface area (Å²) in [4.78, 5) is 7.01. The van der Waals surface area contributed by atoms with Crippen molar-refractivity contribution in [1.29, 1.82) is 0 Å². The monoisotopic (exact) mass is 508 g/mol. The smallest absolute Gasteiger partial charge is 0.191 e. The van der Waals surface area contributed by atoms with Crippen molar-refractivity contribution in [1.82, 2.24) is 15.5 Å². The minimum absolute atomic E-state index is 0. The van der Waals surface area contributed by atoms with Crippen LogP contribution in [0, 0.1) is 5.82 Å². The molecule has 0 radical (unpaired) electrons. The maximum Gasteiger partial charge on any atom is 0.191 e. The van der Waals surface area contributed by atoms with Gasteiger partial charge in [0, 0.05) is 26.2 Å². The van der Waals surface area contributed by atoms with E-state index in [0.29, 0.717) is 0 Å². The van der Waals surface area contributed by atoms with Crippen LogP contribution >= 0.6 is 24.0 Å². The summed E-state index contributed by atoms with van der Waals surface area (Å²) in [6.07, 6.45) is 2.57. The molecule has 1 unspecified atom stereocenters. The van der Waals surface area contributed by atoms with Crippen LogP contribution in [0.2, 0.25) is 0 Å². The summed E-state index contributed by atoms with van der Waals surface area (Å²) in [7, 11) is 1.46. The number of guanidine groups is 1. The van der Waals surface area contributed by atoms with Crippen LogP contribution in [0.3, 0.4) is 0 Å². The largest absolute Gasteiger partial charge is 0.494 e. The number of piperidine rings is 1. The van der Waals surface area contributed by atoms with Gasteiger partial charge in [0.05, 0.1) is 19.3 Å². The van der Waals surface area contributed by atoms with E-state index in [1.165, 1.54) is 13.2 Å². The van der Waals surface area contributed by atoms with Crippen molar-refractivity contribution in [3.05, 3.63) is 29.6 Å². The highest BCUT2D eigenvalue weighted by atomic mass is 127. The molecule has 1 aromatic carbocycles. The lowest BCUT2D eigenvalue weighted by Crippen LogP contribution is -2.39. The number of rotatable bonds is 8. The van der Waals surface area contributed by atoms with Crippen LogP contribution in [-0.4, -0.2) is 61.9 Å². The molecule has 1 heterocycles. The quantitative estimate of drug-likeness (QED) is 0.218. The number of aliphatic hydroxyl groups is 1. The van der Waals surface area contributed by atoms with Crippen molar-refractivity contribution in [3.63, 3.8) is 0 Å². The molecule has 1 aliphatic rings. The number of benzene rings is 1. The van der Waals surface area contributed by atoms with Gasteiger partial charge in [0.1, 0.15) is 0 Å². The number of nitrogens with zero attached hydrogens (tertiary/aromatic N) is 2. The Labute approximate surface area is 185 Å². The summed E-state index contributed by atoms with van der Waals surface area (Å²) in [6.45, 7) is 8.40. The van der Waals surface area contributed by atoms with E-state index in [1.54, 1.807) is 6.07 Å². The zero-order chi connectivity index (χ0) is 19.6. The molecule has 3 N–H and O–H groups in total. The van der Waals surface area contributed by atoms with Gasteiger partial charge in [-0.3, -0.25) is 4.99 Å². The minimum atomic E-state index is -0.364. The van der Waals surface area contributed by atoms with Gasteiger partial charge in [0.25, 0.3) is 0 Å². The first-order chi connectivity index (χ1) is 13.0. The van der Waals surface area contributed by atoms with E-state index in [-0.39, 0.29) is 47.7 Å². The molecule has 1 aliphatic heterocycles. The first-order valence-electron chi connectivity index (χ1n) is 9.82. The number of ether oxygens (including phenoxy) is 1. The number of nitrogens with one attached hydrogen (secondary N) is 2. The summed E-state index contributed by atoms with van der Waals surface area (Å²) < 4.78 is 18.9. The summed E-state index contributed by atoms with van der Waals surface area (Å²) in [5.41, 5.74) is 0.839. The highest BCUT2D eigenvalue weighted by Crippen LogP contribution is 2.21. The third kappa shape index (κ3) is 8.08. The Bertz CT molecular complexity index is 610. The van der Waals surface area contributed by atoms with Gasteiger partial charge >= 0.3 is 0 Å². The normalized spacial score (nSPS) is 17.0. The Balaban J connectivity index is 0.00000392. The summed E-state index contributed by atoms with van der Waals surface area (Å²) >= 11 is 0. The zero-order valence-electron chi connectivity index (χ0n) is 17.1. The molecule has 1 fully saturated rings. The van der Waals surface area contributed by atoms with Crippen molar-refractivity contribution >= 4 is 29.9 Å². The van der Waals surface area contributed by atoms with Crippen molar-refractivity contribution in [3.8, 4) is 5.75 Å². The number of methoxy groups -OCH3 is 1.